The predicted octanol–water partition coefficient (Wildman–Crippen LogP) is 6.10. The van der Waals surface area contributed by atoms with Gasteiger partial charge in [0, 0.05) is 49.4 Å². The smallest absolute Gasteiger partial charge is 0.319 e. The molecule has 232 valence electrons. The Morgan fingerprint density at radius 3 is 2.80 bits per heavy atom. The highest BCUT2D eigenvalue weighted by Crippen LogP contribution is 2.42. The van der Waals surface area contributed by atoms with Crippen molar-refractivity contribution >= 4 is 27.5 Å². The zero-order valence-corrected chi connectivity index (χ0v) is 25.7. The molecule has 45 heavy (non-hydrogen) atoms. The van der Waals surface area contributed by atoms with E-state index in [0.717, 1.165) is 37.9 Å². The molecule has 3 saturated heterocycles. The molecule has 3 atom stereocenters. The Kier molecular flexibility index (Phi) is 7.41. The molecule has 0 aliphatic carbocycles. The van der Waals surface area contributed by atoms with Crippen LogP contribution < -0.4 is 9.64 Å². The number of terminal acetylenes is 1. The average molecular weight is 613 g/mol. The van der Waals surface area contributed by atoms with Crippen LogP contribution in [0.25, 0.3) is 32.9 Å². The van der Waals surface area contributed by atoms with Crippen LogP contribution >= 0.6 is 0 Å². The predicted molar refractivity (Wildman–Crippen MR) is 170 cm³/mol. The van der Waals surface area contributed by atoms with Crippen LogP contribution in [-0.2, 0) is 0 Å². The van der Waals surface area contributed by atoms with Crippen LogP contribution in [0.2, 0.25) is 0 Å². The standard InChI is InChI=1S/C35H35F3N6O/c1-5-24-27(37)11-10-23-8-6-9-25(29(23)24)31-30(38)32-26(18-39-31)33(43(4)28-12-15-42(3)21(28)2)41-34(40-32)45-20-35-13-7-14-44(35)19-22(16-35)17-36/h1,6,8-11,17-18,21,28H,7,12-16,19-20H2,2-4H3/b22-17-/t21-,28-,35?/m1/s1. The second-order valence-corrected chi connectivity index (χ2v) is 12.7. The highest BCUT2D eigenvalue weighted by molar-refractivity contribution is 6.02. The van der Waals surface area contributed by atoms with Gasteiger partial charge in [0.15, 0.2) is 5.82 Å². The maximum absolute atomic E-state index is 16.8. The van der Waals surface area contributed by atoms with Crippen LogP contribution in [0.5, 0.6) is 6.01 Å². The number of likely N-dealkylation sites (N-methyl/N-ethyl adjacent to an activating group) is 2. The van der Waals surface area contributed by atoms with Gasteiger partial charge in [0.05, 0.1) is 22.8 Å². The summed E-state index contributed by atoms with van der Waals surface area (Å²) in [6.45, 7) is 4.80. The molecule has 2 aromatic carbocycles. The molecule has 1 unspecified atom stereocenters. The first-order chi connectivity index (χ1) is 21.7. The number of hydrogen-bond acceptors (Lipinski definition) is 7. The summed E-state index contributed by atoms with van der Waals surface area (Å²) in [6.07, 6.45) is 11.3. The van der Waals surface area contributed by atoms with Crippen molar-refractivity contribution in [3.8, 4) is 29.6 Å². The molecule has 0 spiro atoms. The fraction of sp³-hybridized carbons (Fsp3) is 0.400. The number of rotatable bonds is 6. The van der Waals surface area contributed by atoms with Crippen molar-refractivity contribution in [1.82, 2.24) is 24.8 Å². The van der Waals surface area contributed by atoms with E-state index in [4.69, 9.17) is 16.1 Å². The van der Waals surface area contributed by atoms with E-state index in [0.29, 0.717) is 46.8 Å². The number of halogens is 3. The van der Waals surface area contributed by atoms with Crippen molar-refractivity contribution in [3.63, 3.8) is 0 Å². The van der Waals surface area contributed by atoms with Gasteiger partial charge in [0.25, 0.3) is 0 Å². The third-order valence-electron chi connectivity index (χ3n) is 10.2. The largest absolute Gasteiger partial charge is 0.461 e. The number of hydrogen-bond donors (Lipinski definition) is 0. The fourth-order valence-corrected chi connectivity index (χ4v) is 7.64. The second-order valence-electron chi connectivity index (χ2n) is 12.7. The molecule has 3 fully saturated rings. The molecule has 7 rings (SSSR count). The van der Waals surface area contributed by atoms with Gasteiger partial charge in [-0.3, -0.25) is 9.88 Å². The quantitative estimate of drug-likeness (QED) is 0.244. The molecule has 4 aromatic rings. The zero-order valence-electron chi connectivity index (χ0n) is 25.7. The van der Waals surface area contributed by atoms with Gasteiger partial charge in [-0.05, 0) is 63.2 Å². The van der Waals surface area contributed by atoms with Crippen molar-refractivity contribution in [3.05, 3.63) is 65.6 Å². The number of likely N-dealkylation sites (tertiary alicyclic amines) is 1. The normalized spacial score (nSPS) is 24.5. The summed E-state index contributed by atoms with van der Waals surface area (Å²) in [5.74, 6) is 1.72. The Morgan fingerprint density at radius 2 is 2.04 bits per heavy atom. The number of benzene rings is 2. The van der Waals surface area contributed by atoms with Crippen molar-refractivity contribution < 1.29 is 17.9 Å². The molecule has 0 saturated carbocycles. The number of aromatic nitrogens is 3. The van der Waals surface area contributed by atoms with Gasteiger partial charge >= 0.3 is 6.01 Å². The molecular formula is C35H35F3N6O. The molecule has 3 aliphatic heterocycles. The van der Waals surface area contributed by atoms with Crippen LogP contribution in [0.3, 0.4) is 0 Å². The Balaban J connectivity index is 1.36. The van der Waals surface area contributed by atoms with Gasteiger partial charge in [0.2, 0.25) is 0 Å². The first-order valence-corrected chi connectivity index (χ1v) is 15.4. The number of ether oxygens (including phenoxy) is 1. The van der Waals surface area contributed by atoms with Crippen LogP contribution in [0.1, 0.15) is 38.2 Å². The van der Waals surface area contributed by atoms with Gasteiger partial charge in [-0.25, -0.2) is 13.2 Å². The first kappa shape index (κ1) is 29.5. The fourth-order valence-electron chi connectivity index (χ4n) is 7.64. The summed E-state index contributed by atoms with van der Waals surface area (Å²) >= 11 is 0. The molecule has 2 aromatic heterocycles. The van der Waals surface area contributed by atoms with Crippen molar-refractivity contribution in [1.29, 1.82) is 0 Å². The summed E-state index contributed by atoms with van der Waals surface area (Å²) in [5.41, 5.74) is 0.894. The Bertz CT molecular complexity index is 1890. The van der Waals surface area contributed by atoms with Gasteiger partial charge in [-0.1, -0.05) is 30.2 Å². The monoisotopic (exact) mass is 612 g/mol. The van der Waals surface area contributed by atoms with E-state index < -0.39 is 11.6 Å². The van der Waals surface area contributed by atoms with Gasteiger partial charge in [-0.15, -0.1) is 6.42 Å². The van der Waals surface area contributed by atoms with Crippen LogP contribution in [-0.4, -0.2) is 82.7 Å². The minimum atomic E-state index is -0.671. The highest BCUT2D eigenvalue weighted by Gasteiger charge is 2.47. The lowest BCUT2D eigenvalue weighted by Crippen LogP contribution is -2.43. The summed E-state index contributed by atoms with van der Waals surface area (Å²) in [5, 5.41) is 1.53. The molecule has 5 heterocycles. The topological polar surface area (TPSA) is 57.6 Å². The molecule has 0 bridgehead atoms. The average Bonchev–Trinajstić information content (AvgIpc) is 3.71. The second kappa shape index (κ2) is 11.3. The zero-order chi connectivity index (χ0) is 31.5. The van der Waals surface area contributed by atoms with E-state index in [2.05, 4.69) is 44.6 Å². The lowest BCUT2D eigenvalue weighted by atomic mass is 9.94. The Hall–Kier alpha value is -4.20. The van der Waals surface area contributed by atoms with E-state index in [1.54, 1.807) is 30.5 Å². The molecular weight excluding hydrogens is 577 g/mol. The number of nitrogens with zero attached hydrogens (tertiary/aromatic N) is 6. The van der Waals surface area contributed by atoms with Gasteiger partial charge in [0.1, 0.15) is 29.5 Å². The van der Waals surface area contributed by atoms with Crippen molar-refractivity contribution in [2.45, 2.75) is 50.2 Å². The van der Waals surface area contributed by atoms with E-state index in [1.165, 1.54) is 6.07 Å². The summed E-state index contributed by atoms with van der Waals surface area (Å²) in [4.78, 5) is 20.6. The lowest BCUT2D eigenvalue weighted by Gasteiger charge is -2.32. The van der Waals surface area contributed by atoms with Crippen LogP contribution in [0.4, 0.5) is 19.0 Å². The Labute approximate surface area is 260 Å². The highest BCUT2D eigenvalue weighted by atomic mass is 19.1. The number of pyridine rings is 1. The van der Waals surface area contributed by atoms with Gasteiger partial charge in [-0.2, -0.15) is 9.97 Å². The van der Waals surface area contributed by atoms with E-state index in [-0.39, 0.29) is 47.0 Å². The third kappa shape index (κ3) is 4.80. The molecule has 7 nitrogen and oxygen atoms in total. The maximum atomic E-state index is 16.8. The van der Waals surface area contributed by atoms with Gasteiger partial charge < -0.3 is 14.5 Å². The summed E-state index contributed by atoms with van der Waals surface area (Å²) < 4.78 is 51.4. The van der Waals surface area contributed by atoms with Crippen LogP contribution in [0.15, 0.2) is 48.4 Å². The lowest BCUT2D eigenvalue weighted by molar-refractivity contribution is 0.108. The minimum absolute atomic E-state index is 0.0106. The minimum Gasteiger partial charge on any atom is -0.461 e. The van der Waals surface area contributed by atoms with Crippen LogP contribution in [0, 0.1) is 24.0 Å². The van der Waals surface area contributed by atoms with E-state index in [9.17, 15) is 8.78 Å². The summed E-state index contributed by atoms with van der Waals surface area (Å²) in [7, 11) is 4.04. The van der Waals surface area contributed by atoms with E-state index in [1.807, 2.05) is 7.05 Å². The third-order valence-corrected chi connectivity index (χ3v) is 10.2. The molecule has 0 N–H and O–H groups in total. The number of fused-ring (bicyclic) bond motifs is 3. The van der Waals surface area contributed by atoms with Crippen molar-refractivity contribution in [2.75, 3.05) is 45.2 Å². The van der Waals surface area contributed by atoms with E-state index >= 15 is 4.39 Å². The first-order valence-electron chi connectivity index (χ1n) is 15.4. The number of anilines is 1. The molecule has 3 aliphatic rings. The Morgan fingerprint density at radius 1 is 1.20 bits per heavy atom. The molecule has 10 heteroatoms. The molecule has 0 amide bonds. The summed E-state index contributed by atoms with van der Waals surface area (Å²) in [6, 6.07) is 8.60. The maximum Gasteiger partial charge on any atom is 0.319 e. The van der Waals surface area contributed by atoms with Crippen molar-refractivity contribution in [2.24, 2.45) is 0 Å². The SMILES string of the molecule is C#Cc1c(F)ccc2cccc(-c3ncc4c(N(C)[C@@H]5CCN(C)[C@@H]5C)nc(OCC56CCCN5C/C(=C\F)C6)nc4c3F)c12. The molecule has 0 radical (unpaired) electrons.